The second-order valence-corrected chi connectivity index (χ2v) is 7.09. The van der Waals surface area contributed by atoms with E-state index in [1.54, 1.807) is 0 Å². The Morgan fingerprint density at radius 3 is 2.75 bits per heavy atom. The van der Waals surface area contributed by atoms with E-state index in [0.29, 0.717) is 11.4 Å². The van der Waals surface area contributed by atoms with Crippen LogP contribution in [-0.2, 0) is 4.79 Å². The third-order valence-corrected chi connectivity index (χ3v) is 5.00. The zero-order chi connectivity index (χ0) is 14.5. The molecule has 0 unspecified atom stereocenters. The molecule has 0 saturated carbocycles. The molecule has 6 heteroatoms. The number of hydrogen-bond donors (Lipinski definition) is 2. The summed E-state index contributed by atoms with van der Waals surface area (Å²) in [5, 5.41) is 2.89. The first-order valence-electron chi connectivity index (χ1n) is 5.78. The quantitative estimate of drug-likeness (QED) is 0.403. The van der Waals surface area contributed by atoms with Gasteiger partial charge in [-0.15, -0.1) is 11.8 Å². The molecule has 0 aliphatic heterocycles. The van der Waals surface area contributed by atoms with Crippen LogP contribution in [0.5, 0.6) is 0 Å². The molecule has 0 fully saturated rings. The largest absolute Gasteiger partial charge is 0.398 e. The summed E-state index contributed by atoms with van der Waals surface area (Å²) in [5.74, 6) is 0.290. The minimum absolute atomic E-state index is 0.0403. The van der Waals surface area contributed by atoms with Crippen LogP contribution in [0.2, 0.25) is 0 Å². The van der Waals surface area contributed by atoms with Crippen molar-refractivity contribution in [3.63, 3.8) is 0 Å². The number of nitrogens with one attached hydrogen (secondary N) is 1. The van der Waals surface area contributed by atoms with Crippen molar-refractivity contribution in [2.75, 3.05) is 16.8 Å². The SMILES string of the molecule is Nc1cc(Br)ccc1SCC(=O)Nc1ccccc1I. The van der Waals surface area contributed by atoms with Gasteiger partial charge in [0.15, 0.2) is 0 Å². The van der Waals surface area contributed by atoms with Crippen LogP contribution in [0, 0.1) is 3.57 Å². The Morgan fingerprint density at radius 2 is 2.05 bits per heavy atom. The highest BCUT2D eigenvalue weighted by Crippen LogP contribution is 2.28. The summed E-state index contributed by atoms with van der Waals surface area (Å²) in [5.41, 5.74) is 7.41. The Balaban J connectivity index is 1.94. The van der Waals surface area contributed by atoms with E-state index >= 15 is 0 Å². The van der Waals surface area contributed by atoms with Gasteiger partial charge >= 0.3 is 0 Å². The molecule has 0 radical (unpaired) electrons. The number of carbonyl (C=O) groups excluding carboxylic acids is 1. The maximum atomic E-state index is 11.9. The summed E-state index contributed by atoms with van der Waals surface area (Å²) in [7, 11) is 0. The van der Waals surface area contributed by atoms with Crippen molar-refractivity contribution in [1.82, 2.24) is 0 Å². The van der Waals surface area contributed by atoms with Crippen LogP contribution in [0.1, 0.15) is 0 Å². The van der Waals surface area contributed by atoms with Crippen LogP contribution >= 0.6 is 50.3 Å². The smallest absolute Gasteiger partial charge is 0.234 e. The number of para-hydroxylation sites is 1. The number of halogens is 2. The molecule has 0 spiro atoms. The molecule has 3 nitrogen and oxygen atoms in total. The number of nitrogens with two attached hydrogens (primary N) is 1. The van der Waals surface area contributed by atoms with E-state index in [-0.39, 0.29) is 5.91 Å². The van der Waals surface area contributed by atoms with E-state index in [0.717, 1.165) is 18.6 Å². The van der Waals surface area contributed by atoms with Gasteiger partial charge in [0.25, 0.3) is 0 Å². The molecule has 20 heavy (non-hydrogen) atoms. The van der Waals surface area contributed by atoms with Gasteiger partial charge in [0.2, 0.25) is 5.91 Å². The number of hydrogen-bond acceptors (Lipinski definition) is 3. The Morgan fingerprint density at radius 1 is 1.30 bits per heavy atom. The van der Waals surface area contributed by atoms with E-state index in [9.17, 15) is 4.79 Å². The van der Waals surface area contributed by atoms with Crippen molar-refractivity contribution in [2.24, 2.45) is 0 Å². The lowest BCUT2D eigenvalue weighted by molar-refractivity contribution is -0.113. The number of thioether (sulfide) groups is 1. The standard InChI is InChI=1S/C14H12BrIN2OS/c15-9-5-6-13(11(17)7-9)20-8-14(19)18-12-4-2-1-3-10(12)16/h1-7H,8,17H2,(H,18,19). The van der Waals surface area contributed by atoms with Crippen LogP contribution in [0.3, 0.4) is 0 Å². The van der Waals surface area contributed by atoms with Gasteiger partial charge in [-0.05, 0) is 52.9 Å². The van der Waals surface area contributed by atoms with Crippen molar-refractivity contribution >= 4 is 67.6 Å². The van der Waals surface area contributed by atoms with E-state index in [4.69, 9.17) is 5.73 Å². The third kappa shape index (κ3) is 4.39. The number of rotatable bonds is 4. The summed E-state index contributed by atoms with van der Waals surface area (Å²) in [6.07, 6.45) is 0. The topological polar surface area (TPSA) is 55.1 Å². The molecule has 0 atom stereocenters. The molecule has 104 valence electrons. The predicted octanol–water partition coefficient (Wildman–Crippen LogP) is 4.37. The Labute approximate surface area is 144 Å². The van der Waals surface area contributed by atoms with Gasteiger partial charge in [-0.1, -0.05) is 28.1 Å². The summed E-state index contributed by atoms with van der Waals surface area (Å²) >= 11 is 6.98. The first-order chi connectivity index (χ1) is 9.56. The molecule has 1 amide bonds. The monoisotopic (exact) mass is 462 g/mol. The van der Waals surface area contributed by atoms with Gasteiger partial charge in [-0.25, -0.2) is 0 Å². The molecule has 0 heterocycles. The maximum Gasteiger partial charge on any atom is 0.234 e. The fourth-order valence-electron chi connectivity index (χ4n) is 1.54. The number of benzene rings is 2. The van der Waals surface area contributed by atoms with Crippen LogP contribution in [-0.4, -0.2) is 11.7 Å². The second kappa shape index (κ2) is 7.33. The van der Waals surface area contributed by atoms with Crippen LogP contribution < -0.4 is 11.1 Å². The summed E-state index contributed by atoms with van der Waals surface area (Å²) in [4.78, 5) is 12.8. The fourth-order valence-corrected chi connectivity index (χ4v) is 3.19. The van der Waals surface area contributed by atoms with E-state index in [1.165, 1.54) is 11.8 Å². The average Bonchev–Trinajstić information content (AvgIpc) is 2.40. The third-order valence-electron chi connectivity index (χ3n) is 2.48. The summed E-state index contributed by atoms with van der Waals surface area (Å²) < 4.78 is 1.95. The Kier molecular flexibility index (Phi) is 5.74. The molecule has 0 aliphatic rings. The molecular formula is C14H12BrIN2OS. The minimum atomic E-state index is -0.0403. The van der Waals surface area contributed by atoms with Crippen LogP contribution in [0.15, 0.2) is 51.8 Å². The molecule has 0 bridgehead atoms. The van der Waals surface area contributed by atoms with Gasteiger partial charge in [-0.2, -0.15) is 0 Å². The minimum Gasteiger partial charge on any atom is -0.398 e. The summed E-state index contributed by atoms with van der Waals surface area (Å²) in [6.45, 7) is 0. The molecular weight excluding hydrogens is 451 g/mol. The molecule has 0 aromatic heterocycles. The summed E-state index contributed by atoms with van der Waals surface area (Å²) in [6, 6.07) is 13.3. The Bertz CT molecular complexity index is 636. The molecule has 0 aliphatic carbocycles. The number of anilines is 2. The van der Waals surface area contributed by atoms with Crippen molar-refractivity contribution < 1.29 is 4.79 Å². The lowest BCUT2D eigenvalue weighted by atomic mass is 10.3. The van der Waals surface area contributed by atoms with Crippen molar-refractivity contribution in [2.45, 2.75) is 4.90 Å². The van der Waals surface area contributed by atoms with Crippen LogP contribution in [0.4, 0.5) is 11.4 Å². The first kappa shape index (κ1) is 15.7. The average molecular weight is 463 g/mol. The van der Waals surface area contributed by atoms with Crippen molar-refractivity contribution in [1.29, 1.82) is 0 Å². The molecule has 2 aromatic carbocycles. The molecule has 0 saturated heterocycles. The lowest BCUT2D eigenvalue weighted by Gasteiger charge is -2.08. The molecule has 3 N–H and O–H groups in total. The second-order valence-electron chi connectivity index (χ2n) is 4.00. The van der Waals surface area contributed by atoms with Gasteiger partial charge in [0, 0.05) is 18.6 Å². The number of nitrogen functional groups attached to an aromatic ring is 1. The molecule has 2 rings (SSSR count). The first-order valence-corrected chi connectivity index (χ1v) is 8.64. The van der Waals surface area contributed by atoms with Gasteiger partial charge < -0.3 is 11.1 Å². The van der Waals surface area contributed by atoms with Crippen LogP contribution in [0.25, 0.3) is 0 Å². The van der Waals surface area contributed by atoms with E-state index in [2.05, 4.69) is 43.8 Å². The highest BCUT2D eigenvalue weighted by atomic mass is 127. The normalized spacial score (nSPS) is 10.3. The van der Waals surface area contributed by atoms with Crippen molar-refractivity contribution in [3.05, 3.63) is 50.5 Å². The van der Waals surface area contributed by atoms with Crippen molar-refractivity contribution in [3.8, 4) is 0 Å². The molecule has 2 aromatic rings. The predicted molar refractivity (Wildman–Crippen MR) is 97.1 cm³/mol. The zero-order valence-electron chi connectivity index (χ0n) is 10.4. The van der Waals surface area contributed by atoms with Gasteiger partial charge in [0.05, 0.1) is 11.4 Å². The van der Waals surface area contributed by atoms with Gasteiger partial charge in [0.1, 0.15) is 0 Å². The highest BCUT2D eigenvalue weighted by molar-refractivity contribution is 14.1. The lowest BCUT2D eigenvalue weighted by Crippen LogP contribution is -2.14. The van der Waals surface area contributed by atoms with E-state index in [1.807, 2.05) is 42.5 Å². The zero-order valence-corrected chi connectivity index (χ0v) is 15.0. The number of amides is 1. The highest BCUT2D eigenvalue weighted by Gasteiger charge is 2.07. The Hall–Kier alpha value is -0.730. The van der Waals surface area contributed by atoms with Gasteiger partial charge in [-0.3, -0.25) is 4.79 Å². The number of carbonyl (C=O) groups is 1. The maximum absolute atomic E-state index is 11.9. The van der Waals surface area contributed by atoms with E-state index < -0.39 is 0 Å². The fraction of sp³-hybridized carbons (Fsp3) is 0.0714.